The Kier molecular flexibility index (Phi) is 2.78. The van der Waals surface area contributed by atoms with Crippen molar-refractivity contribution in [1.29, 1.82) is 0 Å². The van der Waals surface area contributed by atoms with Crippen molar-refractivity contribution in [3.05, 3.63) is 29.1 Å². The van der Waals surface area contributed by atoms with Crippen LogP contribution in [0.5, 0.6) is 0 Å². The van der Waals surface area contributed by atoms with Gasteiger partial charge < -0.3 is 5.73 Å². The molecule has 0 bridgehead atoms. The fraction of sp³-hybridized carbons (Fsp3) is 0.500. The quantitative estimate of drug-likeness (QED) is 0.835. The lowest BCUT2D eigenvalue weighted by atomic mass is 9.94. The van der Waals surface area contributed by atoms with E-state index in [1.54, 1.807) is 6.92 Å². The molecular formula is C12H16FNO2S. The van der Waals surface area contributed by atoms with Crippen molar-refractivity contribution in [2.75, 3.05) is 12.8 Å². The van der Waals surface area contributed by atoms with Crippen molar-refractivity contribution in [1.82, 2.24) is 0 Å². The Morgan fingerprint density at radius 1 is 1.41 bits per heavy atom. The average molecular weight is 257 g/mol. The van der Waals surface area contributed by atoms with Gasteiger partial charge in [0.05, 0.1) is 4.90 Å². The molecule has 3 nitrogen and oxygen atoms in total. The minimum atomic E-state index is -3.32. The third-order valence-corrected chi connectivity index (χ3v) is 4.72. The molecule has 1 aliphatic rings. The van der Waals surface area contributed by atoms with E-state index in [-0.39, 0.29) is 16.1 Å². The number of sulfone groups is 1. The molecule has 2 rings (SSSR count). The molecule has 94 valence electrons. The van der Waals surface area contributed by atoms with E-state index in [1.807, 2.05) is 0 Å². The van der Waals surface area contributed by atoms with Gasteiger partial charge in [-0.2, -0.15) is 0 Å². The molecule has 2 N–H and O–H groups in total. The highest BCUT2D eigenvalue weighted by molar-refractivity contribution is 7.90. The molecule has 0 amide bonds. The van der Waals surface area contributed by atoms with Crippen LogP contribution < -0.4 is 5.73 Å². The molecule has 5 heteroatoms. The maximum Gasteiger partial charge on any atom is 0.175 e. The van der Waals surface area contributed by atoms with E-state index in [9.17, 15) is 12.8 Å². The number of nitrogens with two attached hydrogens (primary N) is 1. The van der Waals surface area contributed by atoms with Crippen LogP contribution in [0.2, 0.25) is 0 Å². The predicted molar refractivity (Wildman–Crippen MR) is 64.2 cm³/mol. The van der Waals surface area contributed by atoms with Gasteiger partial charge in [-0.15, -0.1) is 0 Å². The third kappa shape index (κ3) is 2.09. The summed E-state index contributed by atoms with van der Waals surface area (Å²) in [6.45, 7) is 1.96. The number of halogens is 1. The van der Waals surface area contributed by atoms with Crippen LogP contribution in [0.25, 0.3) is 0 Å². The highest BCUT2D eigenvalue weighted by Crippen LogP contribution is 2.48. The first-order chi connectivity index (χ1) is 7.80. The van der Waals surface area contributed by atoms with E-state index in [0.717, 1.165) is 19.1 Å². The molecule has 1 aliphatic carbocycles. The number of hydrogen-bond donors (Lipinski definition) is 1. The standard InChI is InChI=1S/C12H16FNO2S/c1-8-5-10(13)9(12(7-14)3-4-12)6-11(8)17(2,15)16/h5-6H,3-4,7,14H2,1-2H3. The van der Waals surface area contributed by atoms with E-state index in [2.05, 4.69) is 0 Å². The smallest absolute Gasteiger partial charge is 0.175 e. The lowest BCUT2D eigenvalue weighted by molar-refractivity contribution is 0.567. The lowest BCUT2D eigenvalue weighted by Crippen LogP contribution is -2.22. The van der Waals surface area contributed by atoms with Crippen LogP contribution in [0.4, 0.5) is 4.39 Å². The predicted octanol–water partition coefficient (Wildman–Crippen LogP) is 1.53. The highest BCUT2D eigenvalue weighted by Gasteiger charge is 2.45. The fourth-order valence-electron chi connectivity index (χ4n) is 2.19. The molecule has 1 aromatic carbocycles. The second kappa shape index (κ2) is 3.78. The molecule has 1 saturated carbocycles. The average Bonchev–Trinajstić information content (AvgIpc) is 2.96. The molecule has 17 heavy (non-hydrogen) atoms. The van der Waals surface area contributed by atoms with Gasteiger partial charge in [0, 0.05) is 18.2 Å². The summed E-state index contributed by atoms with van der Waals surface area (Å²) in [6.07, 6.45) is 2.79. The van der Waals surface area contributed by atoms with Crippen molar-refractivity contribution < 1.29 is 12.8 Å². The zero-order valence-electron chi connectivity index (χ0n) is 9.96. The first-order valence-corrected chi connectivity index (χ1v) is 7.40. The van der Waals surface area contributed by atoms with Crippen LogP contribution in [-0.2, 0) is 15.3 Å². The summed E-state index contributed by atoms with van der Waals surface area (Å²) in [5, 5.41) is 0. The van der Waals surface area contributed by atoms with Crippen LogP contribution >= 0.6 is 0 Å². The summed E-state index contributed by atoms with van der Waals surface area (Å²) in [6, 6.07) is 2.75. The molecule has 0 atom stereocenters. The maximum absolute atomic E-state index is 13.9. The van der Waals surface area contributed by atoms with Gasteiger partial charge in [-0.1, -0.05) is 0 Å². The summed E-state index contributed by atoms with van der Waals surface area (Å²) < 4.78 is 37.1. The molecule has 0 aliphatic heterocycles. The van der Waals surface area contributed by atoms with Crippen LogP contribution in [0.1, 0.15) is 24.0 Å². The molecule has 0 aromatic heterocycles. The van der Waals surface area contributed by atoms with Gasteiger partial charge in [0.15, 0.2) is 9.84 Å². The third-order valence-electron chi connectivity index (χ3n) is 3.48. The molecular weight excluding hydrogens is 241 g/mol. The second-order valence-electron chi connectivity index (χ2n) is 4.85. The molecule has 1 fully saturated rings. The molecule has 1 aromatic rings. The van der Waals surface area contributed by atoms with Crippen molar-refractivity contribution in [2.24, 2.45) is 5.73 Å². The van der Waals surface area contributed by atoms with Crippen LogP contribution in [0.15, 0.2) is 17.0 Å². The van der Waals surface area contributed by atoms with E-state index in [1.165, 1.54) is 12.1 Å². The van der Waals surface area contributed by atoms with Gasteiger partial charge in [0.1, 0.15) is 5.82 Å². The summed E-state index contributed by atoms with van der Waals surface area (Å²) >= 11 is 0. The Morgan fingerprint density at radius 2 is 2.00 bits per heavy atom. The first kappa shape index (κ1) is 12.5. The highest BCUT2D eigenvalue weighted by atomic mass is 32.2. The van der Waals surface area contributed by atoms with E-state index < -0.39 is 9.84 Å². The van der Waals surface area contributed by atoms with Gasteiger partial charge >= 0.3 is 0 Å². The topological polar surface area (TPSA) is 60.2 Å². The lowest BCUT2D eigenvalue weighted by Gasteiger charge is -2.16. The Hall–Kier alpha value is -0.940. The van der Waals surface area contributed by atoms with Crippen molar-refractivity contribution >= 4 is 9.84 Å². The van der Waals surface area contributed by atoms with Crippen LogP contribution in [0, 0.1) is 12.7 Å². The van der Waals surface area contributed by atoms with E-state index in [4.69, 9.17) is 5.73 Å². The number of hydrogen-bond acceptors (Lipinski definition) is 3. The number of rotatable bonds is 3. The zero-order chi connectivity index (χ0) is 12.8. The molecule has 0 unspecified atom stereocenters. The first-order valence-electron chi connectivity index (χ1n) is 5.51. The molecule has 0 saturated heterocycles. The maximum atomic E-state index is 13.9. The Bertz CT molecular complexity index is 562. The largest absolute Gasteiger partial charge is 0.330 e. The van der Waals surface area contributed by atoms with E-state index in [0.29, 0.717) is 17.7 Å². The Morgan fingerprint density at radius 3 is 2.41 bits per heavy atom. The Labute approximate surface area is 101 Å². The Balaban J connectivity index is 2.63. The van der Waals surface area contributed by atoms with Gasteiger partial charge in [-0.3, -0.25) is 0 Å². The fourth-order valence-corrected chi connectivity index (χ4v) is 3.17. The molecule has 0 radical (unpaired) electrons. The monoisotopic (exact) mass is 257 g/mol. The van der Waals surface area contributed by atoms with Gasteiger partial charge in [0.25, 0.3) is 0 Å². The van der Waals surface area contributed by atoms with Gasteiger partial charge in [-0.25, -0.2) is 12.8 Å². The number of benzene rings is 1. The minimum absolute atomic E-state index is 0.202. The second-order valence-corrected chi connectivity index (χ2v) is 6.84. The van der Waals surface area contributed by atoms with E-state index >= 15 is 0 Å². The van der Waals surface area contributed by atoms with Crippen molar-refractivity contribution in [3.63, 3.8) is 0 Å². The molecule has 0 spiro atoms. The van der Waals surface area contributed by atoms with Crippen LogP contribution in [-0.4, -0.2) is 21.2 Å². The minimum Gasteiger partial charge on any atom is -0.330 e. The summed E-state index contributed by atoms with van der Waals surface area (Å²) in [5.41, 5.74) is 6.21. The van der Waals surface area contributed by atoms with Crippen molar-refractivity contribution in [2.45, 2.75) is 30.1 Å². The van der Waals surface area contributed by atoms with Gasteiger partial charge in [-0.05, 0) is 43.0 Å². The summed E-state index contributed by atoms with van der Waals surface area (Å²) in [7, 11) is -3.32. The zero-order valence-corrected chi connectivity index (χ0v) is 10.8. The van der Waals surface area contributed by atoms with Gasteiger partial charge in [0.2, 0.25) is 0 Å². The SMILES string of the molecule is Cc1cc(F)c(C2(CN)CC2)cc1S(C)(=O)=O. The number of aryl methyl sites for hydroxylation is 1. The van der Waals surface area contributed by atoms with Crippen molar-refractivity contribution in [3.8, 4) is 0 Å². The summed E-state index contributed by atoms with van der Waals surface area (Å²) in [4.78, 5) is 0.202. The molecule has 0 heterocycles. The summed E-state index contributed by atoms with van der Waals surface area (Å²) in [5.74, 6) is -0.349. The van der Waals surface area contributed by atoms with Crippen LogP contribution in [0.3, 0.4) is 0 Å². The normalized spacial score (nSPS) is 18.1.